The molecule has 1 N–H and O–H groups in total. The first-order valence-electron chi connectivity index (χ1n) is 7.86. The van der Waals surface area contributed by atoms with Gasteiger partial charge >= 0.3 is 5.88 Å². The van der Waals surface area contributed by atoms with Gasteiger partial charge in [-0.2, -0.15) is 0 Å². The van der Waals surface area contributed by atoms with Gasteiger partial charge in [-0.25, -0.2) is 8.42 Å². The van der Waals surface area contributed by atoms with Gasteiger partial charge in [0, 0.05) is 10.6 Å². The van der Waals surface area contributed by atoms with Crippen molar-refractivity contribution in [2.75, 3.05) is 11.2 Å². The summed E-state index contributed by atoms with van der Waals surface area (Å²) >= 11 is 0. The number of rotatable bonds is 6. The predicted molar refractivity (Wildman–Crippen MR) is 98.3 cm³/mol. The molecular weight excluding hydrogens is 356 g/mol. The normalized spacial score (nSPS) is 11.8. The van der Waals surface area contributed by atoms with Crippen molar-refractivity contribution in [3.8, 4) is 0 Å². The van der Waals surface area contributed by atoms with E-state index in [-0.39, 0.29) is 10.8 Å². The van der Waals surface area contributed by atoms with Crippen LogP contribution in [0.25, 0.3) is 0 Å². The summed E-state index contributed by atoms with van der Waals surface area (Å²) in [5.41, 5.74) is 1.51. The number of hydrogen-bond acceptors (Lipinski definition) is 5. The van der Waals surface area contributed by atoms with Gasteiger partial charge in [0.15, 0.2) is 0 Å². The largest absolute Gasteiger partial charge is 0.325 e. The molecule has 0 atom stereocenters. The number of amides is 1. The molecule has 0 aromatic heterocycles. The summed E-state index contributed by atoms with van der Waals surface area (Å²) in [5, 5.41) is 13.2. The minimum atomic E-state index is -3.99. The molecule has 0 heterocycles. The predicted octanol–water partition coefficient (Wildman–Crippen LogP) is 2.92. The smallest absolute Gasteiger partial charge is 0.305 e. The quantitative estimate of drug-likeness (QED) is 0.616. The second-order valence-electron chi connectivity index (χ2n) is 6.50. The van der Waals surface area contributed by atoms with Gasteiger partial charge < -0.3 is 5.32 Å². The molecule has 0 aliphatic rings. The molecule has 0 unspecified atom stereocenters. The number of nitro groups is 1. The first kappa shape index (κ1) is 19.6. The molecule has 8 heteroatoms. The van der Waals surface area contributed by atoms with Crippen LogP contribution in [-0.4, -0.2) is 25.1 Å². The number of nitrogens with zero attached hydrogens (tertiary/aromatic N) is 1. The molecule has 0 aliphatic heterocycles. The Morgan fingerprint density at radius 3 is 2.23 bits per heavy atom. The molecule has 0 fully saturated rings. The maximum Gasteiger partial charge on any atom is 0.305 e. The Morgan fingerprint density at radius 2 is 1.69 bits per heavy atom. The van der Waals surface area contributed by atoms with E-state index in [9.17, 15) is 23.3 Å². The number of nitrogens with one attached hydrogen (secondary N) is 1. The van der Waals surface area contributed by atoms with E-state index in [1.54, 1.807) is 13.8 Å². The lowest BCUT2D eigenvalue weighted by Gasteiger charge is -2.26. The van der Waals surface area contributed by atoms with E-state index >= 15 is 0 Å². The van der Waals surface area contributed by atoms with E-state index < -0.39 is 26.1 Å². The Balaban J connectivity index is 2.20. The SMILES string of the molecule is Cc1ccccc1C(C)(C)C(=O)Nc1ccc(S(=O)(=O)C[N+](=O)[O-])cc1. The van der Waals surface area contributed by atoms with Crippen LogP contribution in [0.2, 0.25) is 0 Å². The van der Waals surface area contributed by atoms with Crippen molar-refractivity contribution >= 4 is 21.4 Å². The molecule has 0 bridgehead atoms. The van der Waals surface area contributed by atoms with Gasteiger partial charge in [0.25, 0.3) is 0 Å². The zero-order valence-corrected chi connectivity index (χ0v) is 15.5. The van der Waals surface area contributed by atoms with Gasteiger partial charge in [-0.15, -0.1) is 0 Å². The molecule has 7 nitrogen and oxygen atoms in total. The zero-order chi connectivity index (χ0) is 19.5. The molecule has 0 saturated heterocycles. The molecule has 2 aromatic rings. The number of carbonyl (C=O) groups is 1. The second kappa shape index (κ2) is 7.25. The third kappa shape index (κ3) is 4.26. The van der Waals surface area contributed by atoms with Crippen LogP contribution >= 0.6 is 0 Å². The van der Waals surface area contributed by atoms with Gasteiger partial charge in [-0.1, -0.05) is 24.3 Å². The van der Waals surface area contributed by atoms with Crippen molar-refractivity contribution in [3.05, 3.63) is 69.8 Å². The van der Waals surface area contributed by atoms with Gasteiger partial charge in [0.2, 0.25) is 15.7 Å². The van der Waals surface area contributed by atoms with Crippen LogP contribution in [0.1, 0.15) is 25.0 Å². The Hall–Kier alpha value is -2.74. The van der Waals surface area contributed by atoms with E-state index in [1.807, 2.05) is 31.2 Å². The topological polar surface area (TPSA) is 106 Å². The first-order valence-corrected chi connectivity index (χ1v) is 9.51. The van der Waals surface area contributed by atoms with Crippen LogP contribution in [0.4, 0.5) is 5.69 Å². The summed E-state index contributed by atoms with van der Waals surface area (Å²) in [7, 11) is -3.99. The van der Waals surface area contributed by atoms with Crippen molar-refractivity contribution in [2.24, 2.45) is 0 Å². The highest BCUT2D eigenvalue weighted by atomic mass is 32.2. The third-order valence-corrected chi connectivity index (χ3v) is 5.67. The molecule has 0 spiro atoms. The number of aryl methyl sites for hydroxylation is 1. The lowest BCUT2D eigenvalue weighted by Crippen LogP contribution is -2.35. The van der Waals surface area contributed by atoms with Crippen LogP contribution in [0, 0.1) is 17.0 Å². The lowest BCUT2D eigenvalue weighted by molar-refractivity contribution is -0.458. The highest BCUT2D eigenvalue weighted by molar-refractivity contribution is 7.91. The van der Waals surface area contributed by atoms with Crippen molar-refractivity contribution in [2.45, 2.75) is 31.1 Å². The van der Waals surface area contributed by atoms with Gasteiger partial charge in [-0.3, -0.25) is 14.9 Å². The lowest BCUT2D eigenvalue weighted by atomic mass is 9.81. The van der Waals surface area contributed by atoms with E-state index in [1.165, 1.54) is 24.3 Å². The average Bonchev–Trinajstić information content (AvgIpc) is 2.54. The molecular formula is C18H20N2O5S. The van der Waals surface area contributed by atoms with Crippen LogP contribution in [-0.2, 0) is 20.0 Å². The van der Waals surface area contributed by atoms with Crippen LogP contribution in [0.3, 0.4) is 0 Å². The molecule has 1 amide bonds. The summed E-state index contributed by atoms with van der Waals surface area (Å²) in [6, 6.07) is 12.9. The minimum absolute atomic E-state index is 0.162. The molecule has 0 saturated carbocycles. The maximum absolute atomic E-state index is 12.7. The van der Waals surface area contributed by atoms with Crippen LogP contribution in [0.5, 0.6) is 0 Å². The first-order chi connectivity index (χ1) is 12.0. The highest BCUT2D eigenvalue weighted by Gasteiger charge is 2.31. The fourth-order valence-corrected chi connectivity index (χ4v) is 3.62. The van der Waals surface area contributed by atoms with Crippen molar-refractivity contribution in [1.29, 1.82) is 0 Å². The van der Waals surface area contributed by atoms with Gasteiger partial charge in [0.05, 0.1) is 10.3 Å². The van der Waals surface area contributed by atoms with Crippen LogP contribution in [0.15, 0.2) is 53.4 Å². The van der Waals surface area contributed by atoms with E-state index in [4.69, 9.17) is 0 Å². The zero-order valence-electron chi connectivity index (χ0n) is 14.7. The maximum atomic E-state index is 12.7. The summed E-state index contributed by atoms with van der Waals surface area (Å²) in [4.78, 5) is 22.1. The van der Waals surface area contributed by atoms with Crippen molar-refractivity contribution in [1.82, 2.24) is 0 Å². The molecule has 138 valence electrons. The molecule has 26 heavy (non-hydrogen) atoms. The summed E-state index contributed by atoms with van der Waals surface area (Å²) in [6.07, 6.45) is 0. The van der Waals surface area contributed by atoms with Crippen molar-refractivity contribution < 1.29 is 18.1 Å². The monoisotopic (exact) mass is 376 g/mol. The number of sulfone groups is 1. The summed E-state index contributed by atoms with van der Waals surface area (Å²) < 4.78 is 23.7. The fourth-order valence-electron chi connectivity index (χ4n) is 2.64. The fraction of sp³-hybridized carbons (Fsp3) is 0.278. The minimum Gasteiger partial charge on any atom is -0.325 e. The molecule has 2 aromatic carbocycles. The summed E-state index contributed by atoms with van der Waals surface area (Å²) in [6.45, 7) is 5.54. The average molecular weight is 376 g/mol. The van der Waals surface area contributed by atoms with Crippen molar-refractivity contribution in [3.63, 3.8) is 0 Å². The number of benzene rings is 2. The standard InChI is InChI=1S/C18H20N2O5S/c1-13-6-4-5-7-16(13)18(2,3)17(21)19-14-8-10-15(11-9-14)26(24,25)12-20(22)23/h4-11H,12H2,1-3H3,(H,19,21). The Kier molecular flexibility index (Phi) is 5.46. The number of anilines is 1. The van der Waals surface area contributed by atoms with E-state index in [2.05, 4.69) is 5.32 Å². The van der Waals surface area contributed by atoms with Crippen LogP contribution < -0.4 is 5.32 Å². The highest BCUT2D eigenvalue weighted by Crippen LogP contribution is 2.28. The summed E-state index contributed by atoms with van der Waals surface area (Å²) in [5.74, 6) is -1.41. The Bertz CT molecular complexity index is 934. The Labute approximate surface area is 152 Å². The number of carbonyl (C=O) groups excluding carboxylic acids is 1. The molecule has 2 rings (SSSR count). The van der Waals surface area contributed by atoms with Gasteiger partial charge in [-0.05, 0) is 56.2 Å². The second-order valence-corrected chi connectivity index (χ2v) is 8.45. The van der Waals surface area contributed by atoms with E-state index in [0.29, 0.717) is 5.69 Å². The third-order valence-electron chi connectivity index (χ3n) is 4.13. The Morgan fingerprint density at radius 1 is 1.12 bits per heavy atom. The molecule has 0 aliphatic carbocycles. The van der Waals surface area contributed by atoms with E-state index in [0.717, 1.165) is 11.1 Å². The molecule has 0 radical (unpaired) electrons. The van der Waals surface area contributed by atoms with Gasteiger partial charge in [0.1, 0.15) is 0 Å². The number of hydrogen-bond donors (Lipinski definition) is 1.